The van der Waals surface area contributed by atoms with Crippen molar-refractivity contribution in [3.63, 3.8) is 0 Å². The molecular formula is C23H30N4O2S. The Labute approximate surface area is 182 Å². The molecule has 1 aromatic carbocycles. The minimum Gasteiger partial charge on any atom is -0.321 e. The van der Waals surface area contributed by atoms with Crippen molar-refractivity contribution in [3.05, 3.63) is 47.7 Å². The van der Waals surface area contributed by atoms with Gasteiger partial charge in [0.1, 0.15) is 11.9 Å². The van der Waals surface area contributed by atoms with Gasteiger partial charge < -0.3 is 10.2 Å². The van der Waals surface area contributed by atoms with Gasteiger partial charge in [0.05, 0.1) is 18.1 Å². The van der Waals surface area contributed by atoms with E-state index in [1.807, 2.05) is 31.5 Å². The molecule has 1 saturated heterocycles. The molecule has 2 heterocycles. The number of aryl methyl sites for hydroxylation is 1. The summed E-state index contributed by atoms with van der Waals surface area (Å²) in [6.07, 6.45) is 5.35. The van der Waals surface area contributed by atoms with Gasteiger partial charge in [-0.2, -0.15) is 5.10 Å². The number of hydrogen-bond donors (Lipinski definition) is 1. The zero-order valence-corrected chi connectivity index (χ0v) is 18.7. The van der Waals surface area contributed by atoms with E-state index in [2.05, 4.69) is 34.7 Å². The SMILES string of the molecule is CC(C)(C)CC(=O)N1CSCC1C(=O)Nc1ccnn1C1CCCc2ccccc21. The van der Waals surface area contributed by atoms with Crippen molar-refractivity contribution in [1.29, 1.82) is 0 Å². The van der Waals surface area contributed by atoms with E-state index in [4.69, 9.17) is 0 Å². The first-order valence-electron chi connectivity index (χ1n) is 10.6. The van der Waals surface area contributed by atoms with Crippen LogP contribution in [0.4, 0.5) is 5.82 Å². The zero-order chi connectivity index (χ0) is 21.3. The van der Waals surface area contributed by atoms with Crippen LogP contribution >= 0.6 is 11.8 Å². The molecular weight excluding hydrogens is 396 g/mol. The molecule has 1 N–H and O–H groups in total. The monoisotopic (exact) mass is 426 g/mol. The lowest BCUT2D eigenvalue weighted by Gasteiger charge is -2.28. The van der Waals surface area contributed by atoms with Gasteiger partial charge in [-0.15, -0.1) is 11.8 Å². The third kappa shape index (κ3) is 4.41. The van der Waals surface area contributed by atoms with E-state index in [1.165, 1.54) is 11.1 Å². The molecule has 6 nitrogen and oxygen atoms in total. The van der Waals surface area contributed by atoms with Crippen LogP contribution in [0.1, 0.15) is 57.2 Å². The van der Waals surface area contributed by atoms with Gasteiger partial charge >= 0.3 is 0 Å². The van der Waals surface area contributed by atoms with Gasteiger partial charge in [0, 0.05) is 18.2 Å². The summed E-state index contributed by atoms with van der Waals surface area (Å²) in [6, 6.07) is 10.0. The fourth-order valence-electron chi connectivity index (χ4n) is 4.31. The van der Waals surface area contributed by atoms with Crippen molar-refractivity contribution in [3.8, 4) is 0 Å². The van der Waals surface area contributed by atoms with E-state index in [1.54, 1.807) is 22.9 Å². The van der Waals surface area contributed by atoms with Crippen molar-refractivity contribution in [2.45, 2.75) is 58.5 Å². The Hall–Kier alpha value is -2.28. The third-order valence-electron chi connectivity index (χ3n) is 5.74. The number of rotatable bonds is 4. The maximum atomic E-state index is 13.1. The quantitative estimate of drug-likeness (QED) is 0.800. The van der Waals surface area contributed by atoms with Gasteiger partial charge in [0.15, 0.2) is 0 Å². The molecule has 0 radical (unpaired) electrons. The molecule has 160 valence electrons. The smallest absolute Gasteiger partial charge is 0.249 e. The van der Waals surface area contributed by atoms with Crippen molar-refractivity contribution in [2.75, 3.05) is 16.9 Å². The summed E-state index contributed by atoms with van der Waals surface area (Å²) in [6.45, 7) is 6.14. The van der Waals surface area contributed by atoms with Crippen LogP contribution in [0.15, 0.2) is 36.5 Å². The number of thioether (sulfide) groups is 1. The van der Waals surface area contributed by atoms with Crippen LogP contribution in [0.5, 0.6) is 0 Å². The number of fused-ring (bicyclic) bond motifs is 1. The molecule has 0 saturated carbocycles. The minimum absolute atomic E-state index is 0.0439. The molecule has 1 fully saturated rings. The molecule has 0 spiro atoms. The van der Waals surface area contributed by atoms with Crippen LogP contribution in [0.25, 0.3) is 0 Å². The van der Waals surface area contributed by atoms with Crippen molar-refractivity contribution in [1.82, 2.24) is 14.7 Å². The lowest BCUT2D eigenvalue weighted by molar-refractivity contribution is -0.137. The fourth-order valence-corrected chi connectivity index (χ4v) is 5.50. The van der Waals surface area contributed by atoms with Gasteiger partial charge in [0.25, 0.3) is 0 Å². The number of nitrogens with zero attached hydrogens (tertiary/aromatic N) is 3. The normalized spacial score (nSPS) is 21.4. The van der Waals surface area contributed by atoms with Crippen molar-refractivity contribution < 1.29 is 9.59 Å². The van der Waals surface area contributed by atoms with E-state index in [9.17, 15) is 9.59 Å². The number of anilines is 1. The maximum absolute atomic E-state index is 13.1. The molecule has 30 heavy (non-hydrogen) atoms. The number of nitrogens with one attached hydrogen (secondary N) is 1. The van der Waals surface area contributed by atoms with E-state index in [-0.39, 0.29) is 23.3 Å². The first-order valence-corrected chi connectivity index (χ1v) is 11.8. The summed E-state index contributed by atoms with van der Waals surface area (Å²) in [5, 5.41) is 7.60. The second kappa shape index (κ2) is 8.46. The summed E-state index contributed by atoms with van der Waals surface area (Å²) in [5.74, 6) is 1.81. The van der Waals surface area contributed by atoms with Gasteiger partial charge in [-0.25, -0.2) is 4.68 Å². The molecule has 1 aliphatic carbocycles. The zero-order valence-electron chi connectivity index (χ0n) is 17.9. The summed E-state index contributed by atoms with van der Waals surface area (Å²) >= 11 is 1.63. The lowest BCUT2D eigenvalue weighted by atomic mass is 9.88. The number of carbonyl (C=O) groups is 2. The van der Waals surface area contributed by atoms with Crippen molar-refractivity contribution in [2.24, 2.45) is 5.41 Å². The van der Waals surface area contributed by atoms with Gasteiger partial charge in [-0.3, -0.25) is 9.59 Å². The highest BCUT2D eigenvalue weighted by Gasteiger charge is 2.36. The fraction of sp³-hybridized carbons (Fsp3) is 0.522. The number of benzene rings is 1. The largest absolute Gasteiger partial charge is 0.321 e. The van der Waals surface area contributed by atoms with Gasteiger partial charge in [-0.1, -0.05) is 45.0 Å². The van der Waals surface area contributed by atoms with Gasteiger partial charge in [-0.05, 0) is 35.8 Å². The van der Waals surface area contributed by atoms with Crippen LogP contribution in [-0.4, -0.2) is 44.2 Å². The lowest BCUT2D eigenvalue weighted by Crippen LogP contribution is -2.45. The topological polar surface area (TPSA) is 67.2 Å². The number of amides is 2. The standard InChI is InChI=1S/C23H30N4O2S/c1-23(2,3)13-21(28)26-15-30-14-19(26)22(29)25-20-11-12-24-27(20)18-10-6-8-16-7-4-5-9-17(16)18/h4-5,7,9,11-12,18-19H,6,8,10,13-15H2,1-3H3,(H,25,29). The first-order chi connectivity index (χ1) is 14.3. The number of hydrogen-bond acceptors (Lipinski definition) is 4. The van der Waals surface area contributed by atoms with Crippen molar-refractivity contribution >= 4 is 29.4 Å². The molecule has 2 aliphatic rings. The molecule has 2 aromatic rings. The maximum Gasteiger partial charge on any atom is 0.249 e. The Balaban J connectivity index is 1.51. The van der Waals surface area contributed by atoms with E-state index in [0.29, 0.717) is 23.9 Å². The van der Waals surface area contributed by atoms with Crippen LogP contribution in [0.3, 0.4) is 0 Å². The van der Waals surface area contributed by atoms with Crippen LogP contribution in [0, 0.1) is 5.41 Å². The molecule has 2 unspecified atom stereocenters. The van der Waals surface area contributed by atoms with Crippen LogP contribution in [-0.2, 0) is 16.0 Å². The van der Waals surface area contributed by atoms with Crippen LogP contribution < -0.4 is 5.32 Å². The van der Waals surface area contributed by atoms with E-state index < -0.39 is 6.04 Å². The molecule has 7 heteroatoms. The molecule has 0 bridgehead atoms. The summed E-state index contributed by atoms with van der Waals surface area (Å²) in [7, 11) is 0. The number of carbonyl (C=O) groups excluding carboxylic acids is 2. The highest BCUT2D eigenvalue weighted by atomic mass is 32.2. The summed E-state index contributed by atoms with van der Waals surface area (Å²) in [4.78, 5) is 27.6. The molecule has 2 atom stereocenters. The molecule has 4 rings (SSSR count). The van der Waals surface area contributed by atoms with Gasteiger partial charge in [0.2, 0.25) is 11.8 Å². The first kappa shape index (κ1) is 21.0. The average Bonchev–Trinajstić information content (AvgIpc) is 3.36. The van der Waals surface area contributed by atoms with E-state index >= 15 is 0 Å². The number of aromatic nitrogens is 2. The Bertz CT molecular complexity index is 933. The second-order valence-electron chi connectivity index (χ2n) is 9.37. The Morgan fingerprint density at radius 3 is 2.83 bits per heavy atom. The summed E-state index contributed by atoms with van der Waals surface area (Å²) in [5.41, 5.74) is 2.53. The average molecular weight is 427 g/mol. The third-order valence-corrected chi connectivity index (χ3v) is 6.75. The Morgan fingerprint density at radius 1 is 1.23 bits per heavy atom. The highest BCUT2D eigenvalue weighted by molar-refractivity contribution is 7.99. The summed E-state index contributed by atoms with van der Waals surface area (Å²) < 4.78 is 1.93. The molecule has 2 amide bonds. The Kier molecular flexibility index (Phi) is 5.91. The molecule has 1 aliphatic heterocycles. The second-order valence-corrected chi connectivity index (χ2v) is 10.4. The highest BCUT2D eigenvalue weighted by Crippen LogP contribution is 2.34. The Morgan fingerprint density at radius 2 is 2.03 bits per heavy atom. The van der Waals surface area contributed by atoms with Crippen LogP contribution in [0.2, 0.25) is 0 Å². The minimum atomic E-state index is -0.438. The van der Waals surface area contributed by atoms with E-state index in [0.717, 1.165) is 19.3 Å². The molecule has 1 aromatic heterocycles. The predicted octanol–water partition coefficient (Wildman–Crippen LogP) is 4.09. The predicted molar refractivity (Wildman–Crippen MR) is 120 cm³/mol.